The predicted molar refractivity (Wildman–Crippen MR) is 138 cm³/mol. The van der Waals surface area contributed by atoms with Crippen molar-refractivity contribution in [3.63, 3.8) is 0 Å². The minimum Gasteiger partial charge on any atom is -0.366 e. The van der Waals surface area contributed by atoms with Crippen LogP contribution in [0.25, 0.3) is 32.7 Å². The Labute approximate surface area is 198 Å². The molecule has 6 heteroatoms. The maximum Gasteiger partial charge on any atom is 0.129 e. The molecule has 0 amide bonds. The highest BCUT2D eigenvalue weighted by Gasteiger charge is 2.16. The van der Waals surface area contributed by atoms with E-state index in [2.05, 4.69) is 95.2 Å². The molecule has 2 aromatic carbocycles. The van der Waals surface area contributed by atoms with Gasteiger partial charge in [-0.15, -0.1) is 11.3 Å². The molecule has 3 aromatic heterocycles. The van der Waals surface area contributed by atoms with Crippen LogP contribution in [0, 0.1) is 6.92 Å². The fourth-order valence-corrected chi connectivity index (χ4v) is 4.98. The van der Waals surface area contributed by atoms with Crippen molar-refractivity contribution in [2.75, 3.05) is 5.32 Å². The highest BCUT2D eigenvalue weighted by molar-refractivity contribution is 7.13. The Balaban J connectivity index is 1.46. The number of rotatable bonds is 6. The summed E-state index contributed by atoms with van der Waals surface area (Å²) in [5.74, 6) is 1.25. The highest BCUT2D eigenvalue weighted by Crippen LogP contribution is 2.33. The SMILES string of the molecule is Cc1ncsc1-c1ccc(CNc2cc3c(ncn3C)c(-c3ccccc3C(C)C)n2)cc1. The van der Waals surface area contributed by atoms with Crippen molar-refractivity contribution in [1.82, 2.24) is 19.5 Å². The van der Waals surface area contributed by atoms with Crippen molar-refractivity contribution in [2.24, 2.45) is 7.05 Å². The lowest BCUT2D eigenvalue weighted by atomic mass is 9.94. The molecule has 0 radical (unpaired) electrons. The van der Waals surface area contributed by atoms with E-state index in [1.54, 1.807) is 11.3 Å². The lowest BCUT2D eigenvalue weighted by Crippen LogP contribution is -2.04. The van der Waals surface area contributed by atoms with E-state index in [0.717, 1.165) is 33.8 Å². The monoisotopic (exact) mass is 453 g/mol. The highest BCUT2D eigenvalue weighted by atomic mass is 32.1. The van der Waals surface area contributed by atoms with Crippen LogP contribution in [-0.2, 0) is 13.6 Å². The summed E-state index contributed by atoms with van der Waals surface area (Å²) in [6, 6.07) is 19.2. The van der Waals surface area contributed by atoms with Crippen molar-refractivity contribution >= 4 is 28.2 Å². The lowest BCUT2D eigenvalue weighted by molar-refractivity contribution is 0.868. The van der Waals surface area contributed by atoms with Gasteiger partial charge in [-0.2, -0.15) is 0 Å². The number of thiazole rings is 1. The number of pyridine rings is 1. The maximum atomic E-state index is 5.02. The molecule has 166 valence electrons. The van der Waals surface area contributed by atoms with Crippen molar-refractivity contribution in [1.29, 1.82) is 0 Å². The Hall–Kier alpha value is -3.51. The Morgan fingerprint density at radius 2 is 1.82 bits per heavy atom. The minimum atomic E-state index is 0.402. The number of nitrogens with zero attached hydrogens (tertiary/aromatic N) is 4. The Bertz CT molecular complexity index is 1410. The molecule has 5 nitrogen and oxygen atoms in total. The van der Waals surface area contributed by atoms with Crippen molar-refractivity contribution in [2.45, 2.75) is 33.2 Å². The summed E-state index contributed by atoms with van der Waals surface area (Å²) >= 11 is 1.68. The van der Waals surface area contributed by atoms with Gasteiger partial charge in [-0.05, 0) is 29.5 Å². The number of aromatic nitrogens is 4. The van der Waals surface area contributed by atoms with Crippen LogP contribution in [-0.4, -0.2) is 19.5 Å². The third-order valence-electron chi connectivity index (χ3n) is 5.99. The van der Waals surface area contributed by atoms with E-state index in [0.29, 0.717) is 12.5 Å². The average molecular weight is 454 g/mol. The van der Waals surface area contributed by atoms with Gasteiger partial charge in [0.25, 0.3) is 0 Å². The van der Waals surface area contributed by atoms with Crippen molar-refractivity contribution in [3.8, 4) is 21.7 Å². The molecule has 5 aromatic rings. The molecule has 0 aliphatic rings. The fourth-order valence-electron chi connectivity index (χ4n) is 4.17. The number of fused-ring (bicyclic) bond motifs is 1. The minimum absolute atomic E-state index is 0.402. The lowest BCUT2D eigenvalue weighted by Gasteiger charge is -2.14. The summed E-state index contributed by atoms with van der Waals surface area (Å²) in [7, 11) is 2.03. The molecule has 0 aliphatic heterocycles. The Morgan fingerprint density at radius 1 is 1.03 bits per heavy atom. The van der Waals surface area contributed by atoms with Crippen LogP contribution in [0.5, 0.6) is 0 Å². The first kappa shape index (κ1) is 21.3. The topological polar surface area (TPSA) is 55.6 Å². The van der Waals surface area contributed by atoms with Crippen molar-refractivity contribution in [3.05, 3.63) is 83.3 Å². The number of benzene rings is 2. The molecule has 0 saturated heterocycles. The van der Waals surface area contributed by atoms with Crippen molar-refractivity contribution < 1.29 is 0 Å². The van der Waals surface area contributed by atoms with Gasteiger partial charge in [-0.3, -0.25) is 0 Å². The molecular formula is C27H27N5S. The Kier molecular flexibility index (Phi) is 5.68. The van der Waals surface area contributed by atoms with Crippen LogP contribution in [0.3, 0.4) is 0 Å². The van der Waals surface area contributed by atoms with Gasteiger partial charge >= 0.3 is 0 Å². The first-order valence-corrected chi connectivity index (χ1v) is 12.0. The smallest absolute Gasteiger partial charge is 0.129 e. The average Bonchev–Trinajstić information content (AvgIpc) is 3.43. The molecule has 5 rings (SSSR count). The fraction of sp³-hybridized carbons (Fsp3) is 0.222. The third-order valence-corrected chi connectivity index (χ3v) is 6.96. The molecule has 1 N–H and O–H groups in total. The van der Waals surface area contributed by atoms with Crippen LogP contribution in [0.15, 0.2) is 66.4 Å². The molecule has 0 fully saturated rings. The van der Waals surface area contributed by atoms with Crippen LogP contribution < -0.4 is 5.32 Å². The van der Waals surface area contributed by atoms with Gasteiger partial charge in [0.05, 0.1) is 27.9 Å². The van der Waals surface area contributed by atoms with Gasteiger partial charge in [0.1, 0.15) is 17.0 Å². The molecule has 0 bridgehead atoms. The zero-order chi connectivity index (χ0) is 22.9. The van der Waals surface area contributed by atoms with E-state index in [1.807, 2.05) is 18.9 Å². The van der Waals surface area contributed by atoms with E-state index < -0.39 is 0 Å². The molecule has 0 atom stereocenters. The van der Waals surface area contributed by atoms with Crippen LogP contribution in [0.4, 0.5) is 5.82 Å². The van der Waals surface area contributed by atoms with Gasteiger partial charge in [-0.25, -0.2) is 15.0 Å². The van der Waals surface area contributed by atoms with Gasteiger partial charge in [0.2, 0.25) is 0 Å². The second-order valence-corrected chi connectivity index (χ2v) is 9.49. The predicted octanol–water partition coefficient (Wildman–Crippen LogP) is 6.80. The van der Waals surface area contributed by atoms with Gasteiger partial charge in [0, 0.05) is 25.2 Å². The standard InChI is InChI=1S/C27H27N5S/c1-17(2)21-7-5-6-8-22(21)25-26-23(32(4)15-29-26)13-24(31-25)28-14-19-9-11-20(12-10-19)27-18(3)30-16-33-27/h5-13,15-17H,14H2,1-4H3,(H,28,31). The molecule has 33 heavy (non-hydrogen) atoms. The molecule has 0 aliphatic carbocycles. The first-order chi connectivity index (χ1) is 16.0. The molecule has 0 saturated carbocycles. The van der Waals surface area contributed by atoms with E-state index in [9.17, 15) is 0 Å². The molecule has 0 unspecified atom stereocenters. The van der Waals surface area contributed by atoms with Crippen LogP contribution >= 0.6 is 11.3 Å². The van der Waals surface area contributed by atoms with E-state index in [1.165, 1.54) is 21.6 Å². The zero-order valence-corrected chi connectivity index (χ0v) is 20.1. The summed E-state index contributed by atoms with van der Waals surface area (Å²) in [6.45, 7) is 7.18. The van der Waals surface area contributed by atoms with E-state index >= 15 is 0 Å². The number of nitrogens with one attached hydrogen (secondary N) is 1. The van der Waals surface area contributed by atoms with Crippen LogP contribution in [0.1, 0.15) is 36.6 Å². The second kappa shape index (κ2) is 8.79. The number of hydrogen-bond donors (Lipinski definition) is 1. The normalized spacial score (nSPS) is 11.4. The Morgan fingerprint density at radius 3 is 2.55 bits per heavy atom. The number of hydrogen-bond acceptors (Lipinski definition) is 5. The number of aryl methyl sites for hydroxylation is 2. The first-order valence-electron chi connectivity index (χ1n) is 11.2. The zero-order valence-electron chi connectivity index (χ0n) is 19.3. The quantitative estimate of drug-likeness (QED) is 0.307. The van der Waals surface area contributed by atoms with Gasteiger partial charge < -0.3 is 9.88 Å². The molecular weight excluding hydrogens is 426 g/mol. The summed E-state index contributed by atoms with van der Waals surface area (Å²) in [5, 5.41) is 3.53. The third kappa shape index (κ3) is 4.14. The van der Waals surface area contributed by atoms with Crippen LogP contribution in [0.2, 0.25) is 0 Å². The maximum absolute atomic E-state index is 5.02. The largest absolute Gasteiger partial charge is 0.366 e. The van der Waals surface area contributed by atoms with E-state index in [4.69, 9.17) is 4.98 Å². The van der Waals surface area contributed by atoms with Gasteiger partial charge in [0.15, 0.2) is 0 Å². The number of imidazole rings is 1. The van der Waals surface area contributed by atoms with Gasteiger partial charge in [-0.1, -0.05) is 62.4 Å². The number of anilines is 1. The second-order valence-electron chi connectivity index (χ2n) is 8.64. The summed E-state index contributed by atoms with van der Waals surface area (Å²) in [4.78, 5) is 15.3. The molecule has 0 spiro atoms. The molecule has 3 heterocycles. The summed E-state index contributed by atoms with van der Waals surface area (Å²) in [6.07, 6.45) is 1.86. The summed E-state index contributed by atoms with van der Waals surface area (Å²) in [5.41, 5.74) is 10.7. The summed E-state index contributed by atoms with van der Waals surface area (Å²) < 4.78 is 2.05. The van der Waals surface area contributed by atoms with E-state index in [-0.39, 0.29) is 0 Å².